The van der Waals surface area contributed by atoms with Crippen LogP contribution in [0.2, 0.25) is 0 Å². The van der Waals surface area contributed by atoms with Crippen LogP contribution in [-0.4, -0.2) is 43.2 Å². The van der Waals surface area contributed by atoms with E-state index in [9.17, 15) is 4.79 Å². The van der Waals surface area contributed by atoms with E-state index in [1.165, 1.54) is 11.3 Å². The Kier molecular flexibility index (Phi) is 5.74. The highest BCUT2D eigenvalue weighted by Crippen LogP contribution is 2.25. The molecule has 0 radical (unpaired) electrons. The van der Waals surface area contributed by atoms with Gasteiger partial charge in [0.05, 0.1) is 12.5 Å². The van der Waals surface area contributed by atoms with Crippen LogP contribution in [0.5, 0.6) is 0 Å². The number of nitrogens with zero attached hydrogens (tertiary/aromatic N) is 1. The summed E-state index contributed by atoms with van der Waals surface area (Å²) in [5, 5.41) is 3.68. The van der Waals surface area contributed by atoms with Crippen LogP contribution in [0.25, 0.3) is 0 Å². The summed E-state index contributed by atoms with van der Waals surface area (Å²) in [5.41, 5.74) is 7.98. The number of hydrogen-bond donors (Lipinski definition) is 2. The van der Waals surface area contributed by atoms with E-state index in [1.807, 2.05) is 0 Å². The van der Waals surface area contributed by atoms with E-state index >= 15 is 0 Å². The van der Waals surface area contributed by atoms with Crippen molar-refractivity contribution in [3.63, 3.8) is 0 Å². The highest BCUT2D eigenvalue weighted by atomic mass is 16.5. The van der Waals surface area contributed by atoms with Crippen molar-refractivity contribution in [3.8, 4) is 0 Å². The highest BCUT2D eigenvalue weighted by molar-refractivity contribution is 5.76. The number of amides is 1. The molecule has 2 saturated heterocycles. The lowest BCUT2D eigenvalue weighted by molar-refractivity contribution is -0.123. The van der Waals surface area contributed by atoms with Crippen LogP contribution in [0, 0.1) is 11.8 Å². The van der Waals surface area contributed by atoms with E-state index in [-0.39, 0.29) is 11.8 Å². The van der Waals surface area contributed by atoms with E-state index in [0.717, 1.165) is 52.1 Å². The van der Waals surface area contributed by atoms with Crippen molar-refractivity contribution in [3.05, 3.63) is 29.8 Å². The van der Waals surface area contributed by atoms with Gasteiger partial charge in [-0.2, -0.15) is 0 Å². The maximum Gasteiger partial charge on any atom is 0.221 e. The average molecular weight is 331 g/mol. The van der Waals surface area contributed by atoms with Gasteiger partial charge in [0.15, 0.2) is 0 Å². The van der Waals surface area contributed by atoms with Gasteiger partial charge in [-0.15, -0.1) is 0 Å². The van der Waals surface area contributed by atoms with Crippen molar-refractivity contribution >= 4 is 11.6 Å². The topological polar surface area (TPSA) is 67.6 Å². The standard InChI is InChI=1S/C19H29N3O2/c1-14(17-8-10-24-13-17)21-18-7-3-2-5-15(18)11-22-9-4-6-16(12-22)19(20)23/h2-3,5,7,14,16-17,21H,4,6,8-13H2,1H3,(H2,20,23)/t14-,16+,17-/m0/s1. The number of anilines is 1. The molecule has 0 bridgehead atoms. The van der Waals surface area contributed by atoms with E-state index < -0.39 is 0 Å². The molecule has 3 rings (SSSR count). The number of benzene rings is 1. The molecule has 2 fully saturated rings. The summed E-state index contributed by atoms with van der Waals surface area (Å²) in [4.78, 5) is 13.8. The van der Waals surface area contributed by atoms with Gasteiger partial charge in [-0.1, -0.05) is 18.2 Å². The van der Waals surface area contributed by atoms with Gasteiger partial charge in [-0.05, 0) is 44.4 Å². The summed E-state index contributed by atoms with van der Waals surface area (Å²) in [6, 6.07) is 8.88. The molecule has 2 aliphatic heterocycles. The number of primary amides is 1. The Morgan fingerprint density at radius 3 is 3.00 bits per heavy atom. The number of nitrogens with two attached hydrogens (primary N) is 1. The number of para-hydroxylation sites is 1. The average Bonchev–Trinajstić information content (AvgIpc) is 3.11. The zero-order valence-corrected chi connectivity index (χ0v) is 14.5. The van der Waals surface area contributed by atoms with Crippen LogP contribution in [0.15, 0.2) is 24.3 Å². The molecule has 3 N–H and O–H groups in total. The molecule has 5 heteroatoms. The molecule has 0 aliphatic carbocycles. The van der Waals surface area contributed by atoms with Gasteiger partial charge in [0.2, 0.25) is 5.91 Å². The minimum atomic E-state index is -0.166. The van der Waals surface area contributed by atoms with Gasteiger partial charge in [-0.3, -0.25) is 9.69 Å². The lowest BCUT2D eigenvalue weighted by atomic mass is 9.96. The maximum absolute atomic E-state index is 11.5. The Bertz CT molecular complexity index is 557. The Morgan fingerprint density at radius 1 is 1.42 bits per heavy atom. The van der Waals surface area contributed by atoms with Gasteiger partial charge in [0.25, 0.3) is 0 Å². The Hall–Kier alpha value is -1.59. The summed E-state index contributed by atoms with van der Waals surface area (Å²) in [6.07, 6.45) is 3.09. The molecule has 3 atom stereocenters. The lowest BCUT2D eigenvalue weighted by Crippen LogP contribution is -2.40. The van der Waals surface area contributed by atoms with Crippen LogP contribution in [-0.2, 0) is 16.1 Å². The molecule has 2 aliphatic rings. The van der Waals surface area contributed by atoms with Gasteiger partial charge in [0, 0.05) is 37.3 Å². The molecule has 0 unspecified atom stereocenters. The van der Waals surface area contributed by atoms with Crippen LogP contribution in [0.4, 0.5) is 5.69 Å². The van der Waals surface area contributed by atoms with Crippen molar-refractivity contribution in [2.75, 3.05) is 31.6 Å². The second kappa shape index (κ2) is 7.99. The molecule has 1 aromatic carbocycles. The molecule has 0 aromatic heterocycles. The van der Waals surface area contributed by atoms with Gasteiger partial charge < -0.3 is 15.8 Å². The van der Waals surface area contributed by atoms with Crippen molar-refractivity contribution in [2.45, 2.75) is 38.8 Å². The molecular weight excluding hydrogens is 302 g/mol. The third kappa shape index (κ3) is 4.28. The largest absolute Gasteiger partial charge is 0.382 e. The van der Waals surface area contributed by atoms with Gasteiger partial charge in [0.1, 0.15) is 0 Å². The second-order valence-corrected chi connectivity index (χ2v) is 7.19. The zero-order valence-electron chi connectivity index (χ0n) is 14.5. The predicted octanol–water partition coefficient (Wildman–Crippen LogP) is 2.22. The number of nitrogens with one attached hydrogen (secondary N) is 1. The molecule has 2 heterocycles. The Morgan fingerprint density at radius 2 is 2.25 bits per heavy atom. The van der Waals surface area contributed by atoms with Crippen molar-refractivity contribution in [2.24, 2.45) is 17.6 Å². The molecular formula is C19H29N3O2. The van der Waals surface area contributed by atoms with Crippen molar-refractivity contribution in [1.29, 1.82) is 0 Å². The summed E-state index contributed by atoms with van der Waals surface area (Å²) in [6.45, 7) is 6.63. The summed E-state index contributed by atoms with van der Waals surface area (Å²) >= 11 is 0. The van der Waals surface area contributed by atoms with E-state index in [2.05, 4.69) is 41.4 Å². The molecule has 24 heavy (non-hydrogen) atoms. The minimum Gasteiger partial charge on any atom is -0.382 e. The lowest BCUT2D eigenvalue weighted by Gasteiger charge is -2.32. The summed E-state index contributed by atoms with van der Waals surface area (Å²) in [7, 11) is 0. The fraction of sp³-hybridized carbons (Fsp3) is 0.632. The Balaban J connectivity index is 1.64. The van der Waals surface area contributed by atoms with Crippen molar-refractivity contribution in [1.82, 2.24) is 4.90 Å². The quantitative estimate of drug-likeness (QED) is 0.839. The normalized spacial score (nSPS) is 26.2. The first-order chi connectivity index (χ1) is 11.6. The number of rotatable bonds is 6. The predicted molar refractivity (Wildman–Crippen MR) is 95.6 cm³/mol. The number of carbonyl (C=O) groups excluding carboxylic acids is 1. The number of piperidine rings is 1. The van der Waals surface area contributed by atoms with Gasteiger partial charge >= 0.3 is 0 Å². The third-order valence-corrected chi connectivity index (χ3v) is 5.37. The molecule has 0 spiro atoms. The van der Waals surface area contributed by atoms with E-state index in [4.69, 9.17) is 10.5 Å². The number of carbonyl (C=O) groups is 1. The number of likely N-dealkylation sites (tertiary alicyclic amines) is 1. The second-order valence-electron chi connectivity index (χ2n) is 7.19. The smallest absolute Gasteiger partial charge is 0.221 e. The first-order valence-electron chi connectivity index (χ1n) is 9.07. The highest BCUT2D eigenvalue weighted by Gasteiger charge is 2.25. The summed E-state index contributed by atoms with van der Waals surface area (Å²) < 4.78 is 5.51. The summed E-state index contributed by atoms with van der Waals surface area (Å²) in [5.74, 6) is 0.404. The number of ether oxygens (including phenoxy) is 1. The van der Waals surface area contributed by atoms with Crippen LogP contribution in [0.3, 0.4) is 0 Å². The molecule has 0 saturated carbocycles. The van der Waals surface area contributed by atoms with Gasteiger partial charge in [-0.25, -0.2) is 0 Å². The Labute approximate surface area is 144 Å². The fourth-order valence-electron chi connectivity index (χ4n) is 3.78. The van der Waals surface area contributed by atoms with E-state index in [1.54, 1.807) is 0 Å². The van der Waals surface area contributed by atoms with Crippen LogP contribution < -0.4 is 11.1 Å². The monoisotopic (exact) mass is 331 g/mol. The first-order valence-corrected chi connectivity index (χ1v) is 9.07. The first kappa shape index (κ1) is 17.2. The third-order valence-electron chi connectivity index (χ3n) is 5.37. The fourth-order valence-corrected chi connectivity index (χ4v) is 3.78. The zero-order chi connectivity index (χ0) is 16.9. The van der Waals surface area contributed by atoms with Crippen LogP contribution >= 0.6 is 0 Å². The molecule has 132 valence electrons. The maximum atomic E-state index is 11.5. The van der Waals surface area contributed by atoms with Crippen LogP contribution in [0.1, 0.15) is 31.7 Å². The van der Waals surface area contributed by atoms with E-state index in [0.29, 0.717) is 12.0 Å². The number of hydrogen-bond acceptors (Lipinski definition) is 4. The molecule has 1 amide bonds. The SMILES string of the molecule is C[C@H](Nc1ccccc1CN1CCC[C@@H](C(N)=O)C1)[C@H]1CCOC1. The minimum absolute atomic E-state index is 0.00608. The molecule has 1 aromatic rings. The van der Waals surface area contributed by atoms with Crippen molar-refractivity contribution < 1.29 is 9.53 Å². The molecule has 5 nitrogen and oxygen atoms in total.